The molecule has 0 radical (unpaired) electrons. The van der Waals surface area contributed by atoms with Crippen molar-refractivity contribution in [2.24, 2.45) is 0 Å². The smallest absolute Gasteiger partial charge is 0.209 e. The van der Waals surface area contributed by atoms with Gasteiger partial charge in [0.05, 0.1) is 13.8 Å². The Hall–Kier alpha value is -2.22. The number of aryl methyl sites for hydroxylation is 2. The van der Waals surface area contributed by atoms with E-state index in [9.17, 15) is 0 Å². The average molecular weight is 401 g/mol. The van der Waals surface area contributed by atoms with Crippen LogP contribution in [0.4, 0.5) is 10.8 Å². The summed E-state index contributed by atoms with van der Waals surface area (Å²) in [4.78, 5) is 2.18. The van der Waals surface area contributed by atoms with Crippen LogP contribution in [0.15, 0.2) is 42.5 Å². The monoisotopic (exact) mass is 400 g/mol. The first-order valence-corrected chi connectivity index (χ1v) is 9.91. The van der Waals surface area contributed by atoms with Crippen molar-refractivity contribution in [1.29, 1.82) is 0 Å². The molecule has 0 aliphatic carbocycles. The lowest BCUT2D eigenvalue weighted by atomic mass is 10.1. The van der Waals surface area contributed by atoms with Gasteiger partial charge < -0.3 is 10.1 Å². The number of ether oxygens (including phenoxy) is 1. The first kappa shape index (κ1) is 19.5. The van der Waals surface area contributed by atoms with Crippen LogP contribution in [0.25, 0.3) is 0 Å². The minimum Gasteiger partial charge on any atom is -0.497 e. The molecular weight excluding hydrogens is 376 g/mol. The Morgan fingerprint density at radius 3 is 2.56 bits per heavy atom. The molecule has 0 amide bonds. The van der Waals surface area contributed by atoms with Crippen LogP contribution in [0.2, 0.25) is 0 Å². The molecule has 0 unspecified atom stereocenters. The third-order valence-corrected chi connectivity index (χ3v) is 5.57. The fraction of sp³-hybridized carbons (Fsp3) is 0.300. The summed E-state index contributed by atoms with van der Waals surface area (Å²) in [6.07, 6.45) is 0. The highest BCUT2D eigenvalue weighted by molar-refractivity contribution is 7.73. The molecule has 0 spiro atoms. The van der Waals surface area contributed by atoms with E-state index in [0.29, 0.717) is 6.67 Å². The van der Waals surface area contributed by atoms with Crippen LogP contribution < -0.4 is 10.1 Å². The molecule has 0 fully saturated rings. The van der Waals surface area contributed by atoms with E-state index in [1.165, 1.54) is 28.0 Å². The van der Waals surface area contributed by atoms with Crippen molar-refractivity contribution in [1.82, 2.24) is 14.7 Å². The zero-order valence-corrected chi connectivity index (χ0v) is 17.7. The van der Waals surface area contributed by atoms with Gasteiger partial charge in [-0.25, -0.2) is 4.68 Å². The quantitative estimate of drug-likeness (QED) is 0.557. The maximum Gasteiger partial charge on any atom is 0.209 e. The van der Waals surface area contributed by atoms with E-state index < -0.39 is 0 Å². The second-order valence-corrected chi connectivity index (χ2v) is 8.22. The third kappa shape index (κ3) is 5.15. The molecule has 0 saturated carbocycles. The average Bonchev–Trinajstić information content (AvgIpc) is 2.97. The van der Waals surface area contributed by atoms with E-state index >= 15 is 0 Å². The highest BCUT2D eigenvalue weighted by Crippen LogP contribution is 2.22. The maximum absolute atomic E-state index is 5.49. The van der Waals surface area contributed by atoms with Gasteiger partial charge in [-0.15, -0.1) is 5.10 Å². The van der Waals surface area contributed by atoms with Crippen molar-refractivity contribution in [2.45, 2.75) is 27.1 Å². The van der Waals surface area contributed by atoms with Crippen molar-refractivity contribution >= 4 is 34.4 Å². The largest absolute Gasteiger partial charge is 0.497 e. The lowest BCUT2D eigenvalue weighted by Crippen LogP contribution is -2.22. The molecule has 1 heterocycles. The van der Waals surface area contributed by atoms with E-state index in [-0.39, 0.29) is 0 Å². The van der Waals surface area contributed by atoms with Crippen molar-refractivity contribution in [3.05, 3.63) is 63.1 Å². The van der Waals surface area contributed by atoms with Crippen LogP contribution in [0.3, 0.4) is 0 Å². The first-order chi connectivity index (χ1) is 12.9. The van der Waals surface area contributed by atoms with Crippen LogP contribution in [-0.4, -0.2) is 28.8 Å². The van der Waals surface area contributed by atoms with Gasteiger partial charge in [0.15, 0.2) is 3.95 Å². The highest BCUT2D eigenvalue weighted by atomic mass is 32.1. The van der Waals surface area contributed by atoms with Gasteiger partial charge in [0.25, 0.3) is 0 Å². The number of aromatic nitrogens is 2. The van der Waals surface area contributed by atoms with Gasteiger partial charge in [-0.2, -0.15) is 0 Å². The maximum atomic E-state index is 5.49. The molecule has 0 atom stereocenters. The van der Waals surface area contributed by atoms with E-state index in [4.69, 9.17) is 17.0 Å². The van der Waals surface area contributed by atoms with Crippen LogP contribution in [-0.2, 0) is 13.2 Å². The van der Waals surface area contributed by atoms with Gasteiger partial charge in [-0.3, -0.25) is 4.90 Å². The minimum absolute atomic E-state index is 0.635. The number of anilines is 2. The number of nitrogens with one attached hydrogen (secondary N) is 1. The second kappa shape index (κ2) is 8.65. The Bertz CT molecular complexity index is 963. The Balaban J connectivity index is 1.64. The van der Waals surface area contributed by atoms with Gasteiger partial charge in [0, 0.05) is 12.2 Å². The van der Waals surface area contributed by atoms with Crippen LogP contribution in [0.5, 0.6) is 5.75 Å². The van der Waals surface area contributed by atoms with E-state index in [1.807, 2.05) is 16.8 Å². The van der Waals surface area contributed by atoms with Gasteiger partial charge in [0.2, 0.25) is 5.13 Å². The Morgan fingerprint density at radius 1 is 1.15 bits per heavy atom. The van der Waals surface area contributed by atoms with Crippen LogP contribution in [0, 0.1) is 17.8 Å². The predicted octanol–water partition coefficient (Wildman–Crippen LogP) is 5.13. The van der Waals surface area contributed by atoms with E-state index in [2.05, 4.69) is 66.5 Å². The highest BCUT2D eigenvalue weighted by Gasteiger charge is 2.08. The molecule has 0 saturated heterocycles. The lowest BCUT2D eigenvalue weighted by Gasteiger charge is -2.16. The SMILES string of the molecule is COc1ccc(CN(C)Cn2nc(Nc3ccc(C)c(C)c3)sc2=S)cc1. The van der Waals surface area contributed by atoms with Crippen molar-refractivity contribution < 1.29 is 4.74 Å². The summed E-state index contributed by atoms with van der Waals surface area (Å²) in [5.74, 6) is 0.866. The van der Waals surface area contributed by atoms with Crippen LogP contribution >= 0.6 is 23.6 Å². The number of nitrogens with zero attached hydrogens (tertiary/aromatic N) is 3. The molecule has 0 aliphatic heterocycles. The minimum atomic E-state index is 0.635. The fourth-order valence-electron chi connectivity index (χ4n) is 2.71. The molecule has 0 aliphatic rings. The zero-order valence-electron chi connectivity index (χ0n) is 16.0. The molecule has 2 aromatic carbocycles. The molecule has 7 heteroatoms. The second-order valence-electron chi connectivity index (χ2n) is 6.60. The van der Waals surface area contributed by atoms with Crippen molar-refractivity contribution in [3.63, 3.8) is 0 Å². The summed E-state index contributed by atoms with van der Waals surface area (Å²) < 4.78 is 7.81. The number of hydrogen-bond donors (Lipinski definition) is 1. The van der Waals surface area contributed by atoms with Crippen LogP contribution in [0.1, 0.15) is 16.7 Å². The molecule has 0 bridgehead atoms. The van der Waals surface area contributed by atoms with E-state index in [0.717, 1.165) is 27.1 Å². The molecular formula is C20H24N4OS2. The summed E-state index contributed by atoms with van der Waals surface area (Å²) in [5.41, 5.74) is 4.77. The number of hydrogen-bond acceptors (Lipinski definition) is 6. The topological polar surface area (TPSA) is 42.3 Å². The molecule has 142 valence electrons. The third-order valence-electron chi connectivity index (χ3n) is 4.35. The van der Waals surface area contributed by atoms with Gasteiger partial charge in [0.1, 0.15) is 5.75 Å². The number of methoxy groups -OCH3 is 1. The zero-order chi connectivity index (χ0) is 19.4. The first-order valence-electron chi connectivity index (χ1n) is 8.68. The molecule has 3 aromatic rings. The molecule has 1 N–H and O–H groups in total. The van der Waals surface area contributed by atoms with Gasteiger partial charge in [-0.1, -0.05) is 29.5 Å². The van der Waals surface area contributed by atoms with Crippen molar-refractivity contribution in [2.75, 3.05) is 19.5 Å². The Morgan fingerprint density at radius 2 is 1.89 bits per heavy atom. The summed E-state index contributed by atoms with van der Waals surface area (Å²) in [5, 5.41) is 8.79. The fourth-order valence-corrected chi connectivity index (χ4v) is 3.72. The predicted molar refractivity (Wildman–Crippen MR) is 115 cm³/mol. The Kier molecular flexibility index (Phi) is 6.26. The molecule has 1 aromatic heterocycles. The standard InChI is InChI=1S/C20H24N4OS2/c1-14-5-8-17(11-15(14)2)21-19-22-24(20(26)27-19)13-23(3)12-16-6-9-18(25-4)10-7-16/h5-11H,12-13H2,1-4H3,(H,21,22). The molecule has 3 rings (SSSR count). The van der Waals surface area contributed by atoms with Gasteiger partial charge >= 0.3 is 0 Å². The summed E-state index contributed by atoms with van der Waals surface area (Å²) in [6.45, 7) is 5.66. The number of benzene rings is 2. The normalized spacial score (nSPS) is 11.0. The summed E-state index contributed by atoms with van der Waals surface area (Å²) >= 11 is 6.97. The molecule has 27 heavy (non-hydrogen) atoms. The van der Waals surface area contributed by atoms with Crippen molar-refractivity contribution in [3.8, 4) is 5.75 Å². The number of rotatable bonds is 7. The summed E-state index contributed by atoms with van der Waals surface area (Å²) in [6, 6.07) is 14.4. The Labute approximate surface area is 169 Å². The van der Waals surface area contributed by atoms with E-state index in [1.54, 1.807) is 7.11 Å². The van der Waals surface area contributed by atoms with Gasteiger partial charge in [-0.05, 0) is 74.1 Å². The lowest BCUT2D eigenvalue weighted by molar-refractivity contribution is 0.245. The summed E-state index contributed by atoms with van der Waals surface area (Å²) in [7, 11) is 3.73. The molecule has 5 nitrogen and oxygen atoms in total.